The van der Waals surface area contributed by atoms with Crippen molar-refractivity contribution in [3.8, 4) is 0 Å². The normalized spacial score (nSPS) is 31.1. The first-order chi connectivity index (χ1) is 10.8. The van der Waals surface area contributed by atoms with Crippen molar-refractivity contribution >= 4 is 15.8 Å². The summed E-state index contributed by atoms with van der Waals surface area (Å²) in [5.74, 6) is -1.07. The van der Waals surface area contributed by atoms with E-state index in [0.717, 1.165) is 25.7 Å². The number of ether oxygens (including phenoxy) is 3. The van der Waals surface area contributed by atoms with Crippen molar-refractivity contribution in [1.29, 1.82) is 0 Å². The third-order valence-corrected chi connectivity index (χ3v) is 6.78. The van der Waals surface area contributed by atoms with E-state index < -0.39 is 27.2 Å². The molecular formula is C16H24O6S. The third-order valence-electron chi connectivity index (χ3n) is 5.12. The smallest absolute Gasteiger partial charge is 0.333 e. The molecule has 2 saturated heterocycles. The van der Waals surface area contributed by atoms with Crippen molar-refractivity contribution in [2.45, 2.75) is 62.9 Å². The molecule has 0 amide bonds. The first kappa shape index (κ1) is 16.9. The number of sulfone groups is 1. The van der Waals surface area contributed by atoms with Gasteiger partial charge in [-0.3, -0.25) is 0 Å². The molecule has 3 aliphatic rings. The molecule has 1 atom stereocenters. The van der Waals surface area contributed by atoms with E-state index in [2.05, 4.69) is 6.58 Å². The number of hydrogen-bond donors (Lipinski definition) is 0. The Morgan fingerprint density at radius 2 is 1.78 bits per heavy atom. The molecule has 1 aliphatic carbocycles. The van der Waals surface area contributed by atoms with E-state index in [9.17, 15) is 13.2 Å². The number of esters is 1. The second-order valence-electron chi connectivity index (χ2n) is 6.92. The van der Waals surface area contributed by atoms with Gasteiger partial charge in [-0.05, 0) is 32.6 Å². The van der Waals surface area contributed by atoms with Crippen molar-refractivity contribution in [3.05, 3.63) is 12.2 Å². The highest BCUT2D eigenvalue weighted by Gasteiger charge is 2.55. The van der Waals surface area contributed by atoms with Crippen molar-refractivity contribution in [3.63, 3.8) is 0 Å². The zero-order valence-electron chi connectivity index (χ0n) is 13.5. The molecule has 3 rings (SSSR count). The first-order valence-corrected chi connectivity index (χ1v) is 9.99. The highest BCUT2D eigenvalue weighted by atomic mass is 32.2. The van der Waals surface area contributed by atoms with Gasteiger partial charge in [-0.15, -0.1) is 0 Å². The van der Waals surface area contributed by atoms with Crippen LogP contribution in [0.3, 0.4) is 0 Å². The monoisotopic (exact) mass is 344 g/mol. The second kappa shape index (κ2) is 5.86. The van der Waals surface area contributed by atoms with E-state index >= 15 is 0 Å². The SMILES string of the molecule is C=C(C)C(=O)OC1(C2COC3(CCS(=O)(=O)CC3)O2)CCCC1. The van der Waals surface area contributed by atoms with Crippen LogP contribution in [-0.2, 0) is 28.8 Å². The topological polar surface area (TPSA) is 78.9 Å². The van der Waals surface area contributed by atoms with Crippen molar-refractivity contribution in [2.75, 3.05) is 18.1 Å². The fraction of sp³-hybridized carbons (Fsp3) is 0.812. The predicted octanol–water partition coefficient (Wildman–Crippen LogP) is 1.74. The van der Waals surface area contributed by atoms with Crippen LogP contribution in [0.5, 0.6) is 0 Å². The van der Waals surface area contributed by atoms with Crippen LogP contribution >= 0.6 is 0 Å². The maximum absolute atomic E-state index is 12.0. The fourth-order valence-corrected chi connectivity index (χ4v) is 5.11. The van der Waals surface area contributed by atoms with Gasteiger partial charge in [0, 0.05) is 18.4 Å². The van der Waals surface area contributed by atoms with E-state index in [1.54, 1.807) is 6.92 Å². The largest absolute Gasteiger partial charge is 0.453 e. The molecule has 23 heavy (non-hydrogen) atoms. The molecule has 1 saturated carbocycles. The number of rotatable bonds is 3. The van der Waals surface area contributed by atoms with Gasteiger partial charge in [-0.1, -0.05) is 6.58 Å². The Kier molecular flexibility index (Phi) is 4.31. The summed E-state index contributed by atoms with van der Waals surface area (Å²) in [5, 5.41) is 0. The van der Waals surface area contributed by atoms with E-state index in [1.807, 2.05) is 0 Å². The quantitative estimate of drug-likeness (QED) is 0.573. The maximum Gasteiger partial charge on any atom is 0.333 e. The number of carbonyl (C=O) groups is 1. The molecule has 0 aromatic carbocycles. The van der Waals surface area contributed by atoms with Gasteiger partial charge in [0.15, 0.2) is 15.6 Å². The molecule has 7 heteroatoms. The third kappa shape index (κ3) is 3.32. The summed E-state index contributed by atoms with van der Waals surface area (Å²) in [6.07, 6.45) is 3.79. The Morgan fingerprint density at radius 1 is 1.17 bits per heavy atom. The lowest BCUT2D eigenvalue weighted by Crippen LogP contribution is -2.48. The average molecular weight is 344 g/mol. The minimum atomic E-state index is -2.99. The molecule has 0 bridgehead atoms. The van der Waals surface area contributed by atoms with Crippen LogP contribution in [0.15, 0.2) is 12.2 Å². The Morgan fingerprint density at radius 3 is 2.35 bits per heavy atom. The predicted molar refractivity (Wildman–Crippen MR) is 83.5 cm³/mol. The van der Waals surface area contributed by atoms with E-state index in [1.165, 1.54) is 0 Å². The van der Waals surface area contributed by atoms with Crippen LogP contribution in [0.25, 0.3) is 0 Å². The molecule has 3 fully saturated rings. The van der Waals surface area contributed by atoms with Crippen molar-refractivity contribution < 1.29 is 27.4 Å². The molecule has 6 nitrogen and oxygen atoms in total. The molecule has 0 radical (unpaired) electrons. The molecule has 0 aromatic rings. The summed E-state index contributed by atoms with van der Waals surface area (Å²) in [5.41, 5.74) is -0.302. The minimum absolute atomic E-state index is 0.0816. The van der Waals surface area contributed by atoms with Crippen molar-refractivity contribution in [2.24, 2.45) is 0 Å². The van der Waals surface area contributed by atoms with Gasteiger partial charge in [0.2, 0.25) is 0 Å². The molecule has 130 valence electrons. The van der Waals surface area contributed by atoms with Crippen LogP contribution in [0.2, 0.25) is 0 Å². The molecule has 0 aromatic heterocycles. The van der Waals surface area contributed by atoms with E-state index in [0.29, 0.717) is 25.0 Å². The van der Waals surface area contributed by atoms with Gasteiger partial charge in [-0.25, -0.2) is 13.2 Å². The lowest BCUT2D eigenvalue weighted by atomic mass is 9.94. The lowest BCUT2D eigenvalue weighted by molar-refractivity contribution is -0.205. The van der Waals surface area contributed by atoms with E-state index in [4.69, 9.17) is 14.2 Å². The Bertz CT molecular complexity index is 588. The van der Waals surface area contributed by atoms with Crippen LogP contribution < -0.4 is 0 Å². The lowest BCUT2D eigenvalue weighted by Gasteiger charge is -2.36. The summed E-state index contributed by atoms with van der Waals surface area (Å²) in [7, 11) is -2.99. The van der Waals surface area contributed by atoms with Gasteiger partial charge in [0.05, 0.1) is 18.1 Å². The summed E-state index contributed by atoms with van der Waals surface area (Å²) < 4.78 is 41.0. The van der Waals surface area contributed by atoms with Gasteiger partial charge in [-0.2, -0.15) is 0 Å². The molecule has 1 spiro atoms. The van der Waals surface area contributed by atoms with Gasteiger partial charge >= 0.3 is 5.97 Å². The standard InChI is InChI=1S/C16H24O6S/c1-12(2)14(17)22-15(5-3-4-6-15)13-11-20-16(21-13)7-9-23(18,19)10-8-16/h13H,1,3-11H2,2H3. The zero-order valence-corrected chi connectivity index (χ0v) is 14.3. The molecule has 1 unspecified atom stereocenters. The molecule has 2 heterocycles. The summed E-state index contributed by atoms with van der Waals surface area (Å²) >= 11 is 0. The summed E-state index contributed by atoms with van der Waals surface area (Å²) in [4.78, 5) is 12.0. The number of carbonyl (C=O) groups excluding carboxylic acids is 1. The Hall–Kier alpha value is -0.920. The van der Waals surface area contributed by atoms with Gasteiger partial charge < -0.3 is 14.2 Å². The second-order valence-corrected chi connectivity index (χ2v) is 9.23. The molecular weight excluding hydrogens is 320 g/mol. The number of hydrogen-bond acceptors (Lipinski definition) is 6. The van der Waals surface area contributed by atoms with Crippen LogP contribution in [-0.4, -0.2) is 50.0 Å². The van der Waals surface area contributed by atoms with E-state index in [-0.39, 0.29) is 17.6 Å². The van der Waals surface area contributed by atoms with Crippen LogP contribution in [0, 0.1) is 0 Å². The highest BCUT2D eigenvalue weighted by molar-refractivity contribution is 7.91. The Labute approximate surface area is 137 Å². The molecule has 0 N–H and O–H groups in total. The van der Waals surface area contributed by atoms with Gasteiger partial charge in [0.25, 0.3) is 0 Å². The Balaban J connectivity index is 1.73. The van der Waals surface area contributed by atoms with Crippen LogP contribution in [0.1, 0.15) is 45.4 Å². The summed E-state index contributed by atoms with van der Waals surface area (Å²) in [6.45, 7) is 5.61. The van der Waals surface area contributed by atoms with Crippen LogP contribution in [0.4, 0.5) is 0 Å². The van der Waals surface area contributed by atoms with Gasteiger partial charge in [0.1, 0.15) is 11.7 Å². The maximum atomic E-state index is 12.0. The van der Waals surface area contributed by atoms with Crippen molar-refractivity contribution in [1.82, 2.24) is 0 Å². The minimum Gasteiger partial charge on any atom is -0.453 e. The summed E-state index contributed by atoms with van der Waals surface area (Å²) in [6, 6.07) is 0. The fourth-order valence-electron chi connectivity index (χ4n) is 3.66. The molecule has 2 aliphatic heterocycles. The zero-order chi connectivity index (χ0) is 16.7. The average Bonchev–Trinajstić information content (AvgIpc) is 3.11. The first-order valence-electron chi connectivity index (χ1n) is 8.17. The highest BCUT2D eigenvalue weighted by Crippen LogP contribution is 2.45.